The number of alkyl carbamates (subject to hydrolysis) is 1. The average molecular weight is 285 g/mol. The van der Waals surface area contributed by atoms with Crippen molar-refractivity contribution in [2.45, 2.75) is 39.7 Å². The van der Waals surface area contributed by atoms with E-state index in [0.29, 0.717) is 19.1 Å². The molecule has 0 spiro atoms. The van der Waals surface area contributed by atoms with Gasteiger partial charge in [0.1, 0.15) is 0 Å². The molecule has 20 heavy (non-hydrogen) atoms. The first kappa shape index (κ1) is 16.8. The van der Waals surface area contributed by atoms with Gasteiger partial charge in [0, 0.05) is 39.1 Å². The highest BCUT2D eigenvalue weighted by atomic mass is 16.5. The predicted octanol–water partition coefficient (Wildman–Crippen LogP) is 0.969. The Labute approximate surface area is 121 Å². The zero-order chi connectivity index (χ0) is 15.0. The first-order valence-electron chi connectivity index (χ1n) is 7.45. The molecule has 0 bridgehead atoms. The minimum Gasteiger partial charge on any atom is -0.450 e. The van der Waals surface area contributed by atoms with Gasteiger partial charge in [0.05, 0.1) is 6.61 Å². The molecular weight excluding hydrogens is 258 g/mol. The summed E-state index contributed by atoms with van der Waals surface area (Å²) in [5.74, 6) is 0.572. The van der Waals surface area contributed by atoms with Gasteiger partial charge in [-0.1, -0.05) is 13.3 Å². The molecule has 0 aliphatic carbocycles. The minimum atomic E-state index is -0.337. The molecule has 0 aromatic rings. The lowest BCUT2D eigenvalue weighted by molar-refractivity contribution is -0.119. The van der Waals surface area contributed by atoms with E-state index in [2.05, 4.69) is 22.5 Å². The second-order valence-corrected chi connectivity index (χ2v) is 5.31. The summed E-state index contributed by atoms with van der Waals surface area (Å²) in [6.07, 6.45) is 1.75. The summed E-state index contributed by atoms with van der Waals surface area (Å²) >= 11 is 0. The van der Waals surface area contributed by atoms with Crippen LogP contribution in [0.25, 0.3) is 0 Å². The molecule has 1 rings (SSSR count). The van der Waals surface area contributed by atoms with E-state index in [1.165, 1.54) is 6.92 Å². The molecule has 116 valence electrons. The Kier molecular flexibility index (Phi) is 7.36. The molecule has 1 heterocycles. The summed E-state index contributed by atoms with van der Waals surface area (Å²) in [5.41, 5.74) is 0. The number of amides is 2. The van der Waals surface area contributed by atoms with E-state index in [4.69, 9.17) is 4.74 Å². The number of likely N-dealkylation sites (tertiary alicyclic amines) is 1. The summed E-state index contributed by atoms with van der Waals surface area (Å²) in [5, 5.41) is 5.73. The number of carbonyl (C=O) groups is 2. The van der Waals surface area contributed by atoms with Crippen LogP contribution in [0, 0.1) is 5.92 Å². The second kappa shape index (κ2) is 8.79. The van der Waals surface area contributed by atoms with Crippen molar-refractivity contribution in [1.82, 2.24) is 15.5 Å². The maximum atomic E-state index is 11.5. The lowest BCUT2D eigenvalue weighted by atomic mass is 9.92. The minimum absolute atomic E-state index is 0.00440. The van der Waals surface area contributed by atoms with E-state index in [-0.39, 0.29) is 18.0 Å². The van der Waals surface area contributed by atoms with E-state index >= 15 is 0 Å². The zero-order valence-corrected chi connectivity index (χ0v) is 12.8. The van der Waals surface area contributed by atoms with Crippen molar-refractivity contribution in [2.24, 2.45) is 5.92 Å². The van der Waals surface area contributed by atoms with E-state index in [1.54, 1.807) is 6.92 Å². The maximum absolute atomic E-state index is 11.5. The lowest BCUT2D eigenvalue weighted by Gasteiger charge is -2.37. The highest BCUT2D eigenvalue weighted by Crippen LogP contribution is 2.19. The Balaban J connectivity index is 2.42. The number of nitrogens with zero attached hydrogens (tertiary/aromatic N) is 1. The summed E-state index contributed by atoms with van der Waals surface area (Å²) in [6.45, 7) is 9.19. The van der Waals surface area contributed by atoms with Crippen LogP contribution in [-0.2, 0) is 9.53 Å². The zero-order valence-electron chi connectivity index (χ0n) is 12.8. The molecule has 1 fully saturated rings. The fourth-order valence-corrected chi connectivity index (χ4v) is 2.62. The Morgan fingerprint density at radius 1 is 1.30 bits per heavy atom. The molecule has 2 unspecified atom stereocenters. The number of nitrogens with one attached hydrogen (secondary N) is 2. The number of carbonyl (C=O) groups excluding carboxylic acids is 2. The second-order valence-electron chi connectivity index (χ2n) is 5.31. The van der Waals surface area contributed by atoms with Crippen molar-refractivity contribution in [1.29, 1.82) is 0 Å². The van der Waals surface area contributed by atoms with Gasteiger partial charge in [0.15, 0.2) is 0 Å². The van der Waals surface area contributed by atoms with Crippen molar-refractivity contribution in [3.05, 3.63) is 0 Å². The van der Waals surface area contributed by atoms with Crippen LogP contribution >= 0.6 is 0 Å². The number of rotatable bonds is 6. The van der Waals surface area contributed by atoms with Gasteiger partial charge in [-0.25, -0.2) is 4.79 Å². The molecule has 2 atom stereocenters. The van der Waals surface area contributed by atoms with Crippen LogP contribution in [0.1, 0.15) is 33.6 Å². The van der Waals surface area contributed by atoms with Crippen molar-refractivity contribution >= 4 is 12.0 Å². The van der Waals surface area contributed by atoms with Crippen LogP contribution in [0.15, 0.2) is 0 Å². The van der Waals surface area contributed by atoms with Crippen LogP contribution in [-0.4, -0.2) is 55.7 Å². The normalized spacial score (nSPS) is 23.1. The van der Waals surface area contributed by atoms with Crippen molar-refractivity contribution in [3.8, 4) is 0 Å². The van der Waals surface area contributed by atoms with E-state index < -0.39 is 0 Å². The molecule has 0 aromatic carbocycles. The molecule has 6 heteroatoms. The van der Waals surface area contributed by atoms with Gasteiger partial charge < -0.3 is 15.4 Å². The van der Waals surface area contributed by atoms with Crippen molar-refractivity contribution in [3.63, 3.8) is 0 Å². The third kappa shape index (κ3) is 6.23. The monoisotopic (exact) mass is 285 g/mol. The topological polar surface area (TPSA) is 70.7 Å². The van der Waals surface area contributed by atoms with Gasteiger partial charge in [0.25, 0.3) is 0 Å². The first-order valence-corrected chi connectivity index (χ1v) is 7.45. The van der Waals surface area contributed by atoms with Crippen LogP contribution in [0.4, 0.5) is 4.79 Å². The first-order chi connectivity index (χ1) is 9.55. The van der Waals surface area contributed by atoms with Crippen LogP contribution in [0.5, 0.6) is 0 Å². The molecule has 2 N–H and O–H groups in total. The molecule has 1 saturated heterocycles. The lowest BCUT2D eigenvalue weighted by Crippen LogP contribution is -2.52. The fraction of sp³-hybridized carbons (Fsp3) is 0.857. The Hall–Kier alpha value is -1.30. The molecule has 1 aliphatic rings. The van der Waals surface area contributed by atoms with E-state index in [0.717, 1.165) is 32.5 Å². The van der Waals surface area contributed by atoms with Gasteiger partial charge in [-0.2, -0.15) is 0 Å². The summed E-state index contributed by atoms with van der Waals surface area (Å²) in [4.78, 5) is 24.7. The fourth-order valence-electron chi connectivity index (χ4n) is 2.62. The van der Waals surface area contributed by atoms with Crippen LogP contribution in [0.2, 0.25) is 0 Å². The Morgan fingerprint density at radius 3 is 2.65 bits per heavy atom. The highest BCUT2D eigenvalue weighted by molar-refractivity contribution is 5.72. The molecule has 0 radical (unpaired) electrons. The van der Waals surface area contributed by atoms with Crippen molar-refractivity contribution in [2.75, 3.05) is 32.8 Å². The van der Waals surface area contributed by atoms with Gasteiger partial charge >= 0.3 is 6.09 Å². The van der Waals surface area contributed by atoms with E-state index in [1.807, 2.05) is 0 Å². The SMILES string of the molecule is CCOC(=O)NC1CC(CC)CN(CCNC(C)=O)C1. The third-order valence-electron chi connectivity index (χ3n) is 3.59. The summed E-state index contributed by atoms with van der Waals surface area (Å²) < 4.78 is 4.94. The number of hydrogen-bond donors (Lipinski definition) is 2. The molecular formula is C14H27N3O3. The number of piperidine rings is 1. The average Bonchev–Trinajstić information content (AvgIpc) is 2.38. The standard InChI is InChI=1S/C14H27N3O3/c1-4-12-8-13(16-14(19)20-5-2)10-17(9-12)7-6-15-11(3)18/h12-13H,4-10H2,1-3H3,(H,15,18)(H,16,19). The predicted molar refractivity (Wildman–Crippen MR) is 77.5 cm³/mol. The van der Waals surface area contributed by atoms with Gasteiger partial charge in [0.2, 0.25) is 5.91 Å². The molecule has 0 aromatic heterocycles. The van der Waals surface area contributed by atoms with Gasteiger partial charge in [-0.15, -0.1) is 0 Å². The summed E-state index contributed by atoms with van der Waals surface area (Å²) in [7, 11) is 0. The maximum Gasteiger partial charge on any atom is 0.407 e. The van der Waals surface area contributed by atoms with Gasteiger partial charge in [-0.3, -0.25) is 9.69 Å². The number of hydrogen-bond acceptors (Lipinski definition) is 4. The third-order valence-corrected chi connectivity index (χ3v) is 3.59. The van der Waals surface area contributed by atoms with E-state index in [9.17, 15) is 9.59 Å². The quantitative estimate of drug-likeness (QED) is 0.763. The molecule has 6 nitrogen and oxygen atoms in total. The van der Waals surface area contributed by atoms with Gasteiger partial charge in [-0.05, 0) is 19.3 Å². The van der Waals surface area contributed by atoms with Crippen LogP contribution < -0.4 is 10.6 Å². The Morgan fingerprint density at radius 2 is 2.05 bits per heavy atom. The Bertz CT molecular complexity index is 323. The summed E-state index contributed by atoms with van der Waals surface area (Å²) in [6, 6.07) is 0.130. The number of ether oxygens (including phenoxy) is 1. The molecule has 2 amide bonds. The smallest absolute Gasteiger partial charge is 0.407 e. The molecule has 1 aliphatic heterocycles. The highest BCUT2D eigenvalue weighted by Gasteiger charge is 2.27. The van der Waals surface area contributed by atoms with Crippen LogP contribution in [0.3, 0.4) is 0 Å². The largest absolute Gasteiger partial charge is 0.450 e. The molecule has 0 saturated carbocycles. The van der Waals surface area contributed by atoms with Crippen molar-refractivity contribution < 1.29 is 14.3 Å².